The average molecular weight is 149 g/mol. The molecule has 0 aromatic heterocycles. The number of aliphatic hydroxyl groups is 1. The van der Waals surface area contributed by atoms with Crippen LogP contribution in [-0.2, 0) is 4.79 Å². The maximum atomic E-state index is 10.6. The first-order chi connectivity index (χ1) is 4.22. The van der Waals surface area contributed by atoms with Gasteiger partial charge in [-0.15, -0.1) is 0 Å². The third-order valence-electron chi connectivity index (χ3n) is 0.913. The third kappa shape index (κ3) is 3.51. The van der Waals surface area contributed by atoms with Crippen LogP contribution in [-0.4, -0.2) is 29.1 Å². The van der Waals surface area contributed by atoms with Crippen LogP contribution in [0, 0.1) is 0 Å². The van der Waals surface area contributed by atoms with Crippen molar-refractivity contribution in [3.05, 3.63) is 0 Å². The van der Waals surface area contributed by atoms with Gasteiger partial charge in [0.25, 0.3) is 0 Å². The molecular formula is C5H11NO2S. The van der Waals surface area contributed by atoms with Crippen LogP contribution >= 0.6 is 11.8 Å². The summed E-state index contributed by atoms with van der Waals surface area (Å²) < 4.78 is 0. The minimum atomic E-state index is -0.870. The predicted octanol–water partition coefficient (Wildman–Crippen LogP) is -0.414. The van der Waals surface area contributed by atoms with Gasteiger partial charge in [0.05, 0.1) is 0 Å². The van der Waals surface area contributed by atoms with Crippen LogP contribution in [0.2, 0.25) is 0 Å². The van der Waals surface area contributed by atoms with Crippen molar-refractivity contribution in [1.82, 2.24) is 0 Å². The topological polar surface area (TPSA) is 63.3 Å². The molecule has 0 aliphatic carbocycles. The second-order valence-electron chi connectivity index (χ2n) is 1.62. The predicted molar refractivity (Wildman–Crippen MR) is 38.2 cm³/mol. The molecule has 0 aromatic rings. The number of thioether (sulfide) groups is 1. The Morgan fingerprint density at radius 2 is 2.44 bits per heavy atom. The van der Waals surface area contributed by atoms with Crippen molar-refractivity contribution in [3.8, 4) is 0 Å². The van der Waals surface area contributed by atoms with Gasteiger partial charge in [-0.05, 0) is 19.2 Å². The molecule has 0 heterocycles. The number of aliphatic hydroxyl groups excluding tert-OH is 1. The van der Waals surface area contributed by atoms with E-state index in [2.05, 4.69) is 0 Å². The summed E-state index contributed by atoms with van der Waals surface area (Å²) in [7, 11) is 0. The van der Waals surface area contributed by atoms with Crippen molar-refractivity contribution in [2.24, 2.45) is 5.73 Å². The summed E-state index contributed by atoms with van der Waals surface area (Å²) in [4.78, 5) is 10.6. The molecule has 0 rings (SSSR count). The average Bonchev–Trinajstić information content (AvgIpc) is 1.87. The van der Waals surface area contributed by atoms with E-state index in [-0.39, 0.29) is 5.12 Å². The lowest BCUT2D eigenvalue weighted by Crippen LogP contribution is -2.20. The zero-order valence-corrected chi connectivity index (χ0v) is 6.15. The Balaban J connectivity index is 3.45. The molecule has 0 saturated carbocycles. The maximum absolute atomic E-state index is 10.6. The molecule has 0 aliphatic rings. The SMILES string of the molecule is CSC(=O)[C@H](O)CCN. The Morgan fingerprint density at radius 3 is 2.78 bits per heavy atom. The molecule has 0 aromatic carbocycles. The number of carbonyl (C=O) groups is 1. The number of hydrogen-bond donors (Lipinski definition) is 2. The largest absolute Gasteiger partial charge is 0.384 e. The molecule has 54 valence electrons. The molecule has 0 radical (unpaired) electrons. The number of carbonyl (C=O) groups excluding carboxylic acids is 1. The number of hydrogen-bond acceptors (Lipinski definition) is 4. The van der Waals surface area contributed by atoms with Gasteiger partial charge in [0.15, 0.2) is 0 Å². The molecule has 0 spiro atoms. The lowest BCUT2D eigenvalue weighted by atomic mass is 10.3. The molecule has 1 atom stereocenters. The summed E-state index contributed by atoms with van der Waals surface area (Å²) in [5.41, 5.74) is 5.10. The monoisotopic (exact) mass is 149 g/mol. The fourth-order valence-corrected chi connectivity index (χ4v) is 0.802. The lowest BCUT2D eigenvalue weighted by molar-refractivity contribution is -0.118. The van der Waals surface area contributed by atoms with Crippen LogP contribution in [0.5, 0.6) is 0 Å². The highest BCUT2D eigenvalue weighted by molar-refractivity contribution is 8.13. The van der Waals surface area contributed by atoms with Crippen molar-refractivity contribution in [2.45, 2.75) is 12.5 Å². The number of rotatable bonds is 3. The van der Waals surface area contributed by atoms with Crippen molar-refractivity contribution in [2.75, 3.05) is 12.8 Å². The first kappa shape index (κ1) is 8.94. The third-order valence-corrected chi connectivity index (χ3v) is 1.59. The van der Waals surface area contributed by atoms with Crippen LogP contribution in [0.25, 0.3) is 0 Å². The van der Waals surface area contributed by atoms with E-state index in [0.717, 1.165) is 11.8 Å². The smallest absolute Gasteiger partial charge is 0.217 e. The molecule has 9 heavy (non-hydrogen) atoms. The van der Waals surface area contributed by atoms with Crippen molar-refractivity contribution < 1.29 is 9.90 Å². The lowest BCUT2D eigenvalue weighted by Gasteiger charge is -2.03. The summed E-state index contributed by atoms with van der Waals surface area (Å²) in [5.74, 6) is 0. The second kappa shape index (κ2) is 4.78. The van der Waals surface area contributed by atoms with Gasteiger partial charge >= 0.3 is 0 Å². The van der Waals surface area contributed by atoms with Crippen LogP contribution in [0.3, 0.4) is 0 Å². The number of nitrogens with two attached hydrogens (primary N) is 1. The molecule has 0 bridgehead atoms. The quantitative estimate of drug-likeness (QED) is 0.572. The van der Waals surface area contributed by atoms with E-state index in [1.807, 2.05) is 0 Å². The first-order valence-corrected chi connectivity index (χ1v) is 3.90. The molecule has 0 saturated heterocycles. The van der Waals surface area contributed by atoms with Gasteiger partial charge in [-0.1, -0.05) is 11.8 Å². The van der Waals surface area contributed by atoms with Gasteiger partial charge in [0.2, 0.25) is 5.12 Å². The highest BCUT2D eigenvalue weighted by Gasteiger charge is 2.10. The Hall–Kier alpha value is -0.0600. The van der Waals surface area contributed by atoms with Crippen LogP contribution in [0.1, 0.15) is 6.42 Å². The summed E-state index contributed by atoms with van der Waals surface area (Å²) in [6.07, 6.45) is 1.13. The van der Waals surface area contributed by atoms with Gasteiger partial charge in [0.1, 0.15) is 6.10 Å². The minimum Gasteiger partial charge on any atom is -0.384 e. The summed E-state index contributed by atoms with van der Waals surface area (Å²) in [6.45, 7) is 0.355. The van der Waals surface area contributed by atoms with E-state index in [0.29, 0.717) is 13.0 Å². The van der Waals surface area contributed by atoms with E-state index in [1.54, 1.807) is 6.26 Å². The van der Waals surface area contributed by atoms with E-state index in [1.165, 1.54) is 0 Å². The zero-order chi connectivity index (χ0) is 7.28. The normalized spacial score (nSPS) is 13.2. The van der Waals surface area contributed by atoms with Crippen LogP contribution in [0.4, 0.5) is 0 Å². The summed E-state index contributed by atoms with van der Waals surface area (Å²) in [5, 5.41) is 8.66. The summed E-state index contributed by atoms with van der Waals surface area (Å²) in [6, 6.07) is 0. The van der Waals surface area contributed by atoms with E-state index in [9.17, 15) is 4.79 Å². The van der Waals surface area contributed by atoms with Crippen molar-refractivity contribution in [1.29, 1.82) is 0 Å². The fourth-order valence-electron chi connectivity index (χ4n) is 0.412. The minimum absolute atomic E-state index is 0.208. The van der Waals surface area contributed by atoms with Gasteiger partial charge in [0, 0.05) is 0 Å². The molecule has 4 heteroatoms. The summed E-state index contributed by atoms with van der Waals surface area (Å²) >= 11 is 1.03. The van der Waals surface area contributed by atoms with Gasteiger partial charge in [-0.2, -0.15) is 0 Å². The van der Waals surface area contributed by atoms with Gasteiger partial charge < -0.3 is 10.8 Å². The highest BCUT2D eigenvalue weighted by atomic mass is 32.2. The molecule has 3 N–H and O–H groups in total. The first-order valence-electron chi connectivity index (χ1n) is 2.68. The standard InChI is InChI=1S/C5H11NO2S/c1-9-5(8)4(7)2-3-6/h4,7H,2-3,6H2,1H3/t4-/m1/s1. The van der Waals surface area contributed by atoms with Crippen molar-refractivity contribution >= 4 is 16.9 Å². The highest BCUT2D eigenvalue weighted by Crippen LogP contribution is 2.02. The Morgan fingerprint density at radius 1 is 1.89 bits per heavy atom. The van der Waals surface area contributed by atoms with Crippen LogP contribution < -0.4 is 5.73 Å². The van der Waals surface area contributed by atoms with E-state index in [4.69, 9.17) is 10.8 Å². The molecule has 0 amide bonds. The maximum Gasteiger partial charge on any atom is 0.217 e. The molecule has 0 unspecified atom stereocenters. The second-order valence-corrected chi connectivity index (χ2v) is 2.43. The van der Waals surface area contributed by atoms with E-state index < -0.39 is 6.10 Å². The van der Waals surface area contributed by atoms with Crippen LogP contribution in [0.15, 0.2) is 0 Å². The molecule has 0 fully saturated rings. The van der Waals surface area contributed by atoms with E-state index >= 15 is 0 Å². The fraction of sp³-hybridized carbons (Fsp3) is 0.800. The van der Waals surface area contributed by atoms with Crippen molar-refractivity contribution in [3.63, 3.8) is 0 Å². The van der Waals surface area contributed by atoms with Gasteiger partial charge in [-0.25, -0.2) is 0 Å². The Bertz CT molecular complexity index is 97.0. The molecular weight excluding hydrogens is 138 g/mol. The molecule has 3 nitrogen and oxygen atoms in total. The van der Waals surface area contributed by atoms with Gasteiger partial charge in [-0.3, -0.25) is 4.79 Å². The molecule has 0 aliphatic heterocycles. The Kier molecular flexibility index (Phi) is 4.75. The Labute approximate surface area is 58.6 Å². The zero-order valence-electron chi connectivity index (χ0n) is 5.33.